The molecular weight excluding hydrogens is 440 g/mol. The summed E-state index contributed by atoms with van der Waals surface area (Å²) < 4.78 is 11.2. The van der Waals surface area contributed by atoms with E-state index in [2.05, 4.69) is 57.0 Å². The Morgan fingerprint density at radius 3 is 2.37 bits per heavy atom. The third kappa shape index (κ3) is 5.53. The lowest BCUT2D eigenvalue weighted by Crippen LogP contribution is -2.47. The summed E-state index contributed by atoms with van der Waals surface area (Å²) in [5.41, 5.74) is 9.93. The van der Waals surface area contributed by atoms with Crippen molar-refractivity contribution in [3.8, 4) is 17.2 Å². The zero-order chi connectivity index (χ0) is 24.0. The van der Waals surface area contributed by atoms with Crippen molar-refractivity contribution in [3.05, 3.63) is 83.9 Å². The molecule has 2 aliphatic rings. The van der Waals surface area contributed by atoms with Gasteiger partial charge in [0.2, 0.25) is 0 Å². The largest absolute Gasteiger partial charge is 0.507 e. The van der Waals surface area contributed by atoms with E-state index in [1.807, 2.05) is 30.3 Å². The molecule has 2 atom stereocenters. The molecule has 2 unspecified atom stereocenters. The topological polar surface area (TPSA) is 69.2 Å². The van der Waals surface area contributed by atoms with Crippen LogP contribution < -0.4 is 25.2 Å². The predicted octanol–water partition coefficient (Wildman–Crippen LogP) is 3.53. The number of rotatable bonds is 8. The maximum Gasteiger partial charge on any atom is 0.124 e. The first-order valence-corrected chi connectivity index (χ1v) is 12.3. The van der Waals surface area contributed by atoms with Crippen molar-refractivity contribution in [2.45, 2.75) is 12.0 Å². The van der Waals surface area contributed by atoms with Gasteiger partial charge in [0, 0.05) is 62.5 Å². The Balaban J connectivity index is 1.11. The molecule has 184 valence electrons. The number of nitrogens with zero attached hydrogens (tertiary/aromatic N) is 2. The van der Waals surface area contributed by atoms with Gasteiger partial charge in [-0.05, 0) is 35.9 Å². The predicted molar refractivity (Wildman–Crippen MR) is 138 cm³/mol. The molecule has 7 nitrogen and oxygen atoms in total. The zero-order valence-corrected chi connectivity index (χ0v) is 20.2. The molecule has 2 aliphatic heterocycles. The van der Waals surface area contributed by atoms with Crippen LogP contribution in [-0.4, -0.2) is 63.0 Å². The monoisotopic (exact) mass is 474 g/mol. The number of aromatic hydroxyl groups is 1. The van der Waals surface area contributed by atoms with Crippen LogP contribution in [0.1, 0.15) is 23.1 Å². The molecular formula is C28H34N4O3. The maximum absolute atomic E-state index is 10.8. The molecule has 35 heavy (non-hydrogen) atoms. The van der Waals surface area contributed by atoms with E-state index in [-0.39, 0.29) is 17.7 Å². The minimum atomic E-state index is 0.00782. The smallest absolute Gasteiger partial charge is 0.124 e. The van der Waals surface area contributed by atoms with Crippen LogP contribution in [0.5, 0.6) is 17.2 Å². The molecule has 2 saturated heterocycles. The fourth-order valence-corrected chi connectivity index (χ4v) is 4.99. The van der Waals surface area contributed by atoms with Crippen LogP contribution in [0, 0.1) is 0 Å². The Hall–Kier alpha value is -3.26. The number of phenolic OH excluding ortho intramolecular Hbond substituents is 1. The number of hydrogen-bond donors (Lipinski definition) is 3. The summed E-state index contributed by atoms with van der Waals surface area (Å²) in [6, 6.07) is 24.3. The molecule has 0 amide bonds. The van der Waals surface area contributed by atoms with Gasteiger partial charge < -0.3 is 19.5 Å². The first-order chi connectivity index (χ1) is 17.2. The average Bonchev–Trinajstić information content (AvgIpc) is 3.39. The highest BCUT2D eigenvalue weighted by atomic mass is 16.5. The first kappa shape index (κ1) is 23.5. The third-order valence-corrected chi connectivity index (χ3v) is 7.03. The van der Waals surface area contributed by atoms with Gasteiger partial charge in [0.05, 0.1) is 13.2 Å². The van der Waals surface area contributed by atoms with Gasteiger partial charge in [-0.3, -0.25) is 10.3 Å². The van der Waals surface area contributed by atoms with Gasteiger partial charge in [0.25, 0.3) is 0 Å². The molecule has 0 saturated carbocycles. The van der Waals surface area contributed by atoms with Crippen molar-refractivity contribution in [1.82, 2.24) is 15.8 Å². The number of hydrazine groups is 1. The summed E-state index contributed by atoms with van der Waals surface area (Å²) >= 11 is 0. The zero-order valence-electron chi connectivity index (χ0n) is 20.2. The van der Waals surface area contributed by atoms with Crippen LogP contribution in [0.25, 0.3) is 0 Å². The van der Waals surface area contributed by atoms with Gasteiger partial charge in [-0.2, -0.15) is 0 Å². The minimum absolute atomic E-state index is 0.00782. The molecule has 3 N–H and O–H groups in total. The van der Waals surface area contributed by atoms with Gasteiger partial charge in [0.1, 0.15) is 23.9 Å². The maximum atomic E-state index is 10.8. The third-order valence-electron chi connectivity index (χ3n) is 7.03. The standard InChI is InChI=1S/C28H34N4O3/c1-34-23-9-7-22(8-10-23)32-15-13-31(14-16-32)17-18-35-24-11-12-25(27(33)19-24)28-26(20-29-30-28)21-5-3-2-4-6-21/h2-12,19,26,28-30,33H,13-18,20H2,1H3. The number of benzene rings is 3. The molecule has 0 aliphatic carbocycles. The summed E-state index contributed by atoms with van der Waals surface area (Å²) in [5.74, 6) is 2.10. The van der Waals surface area contributed by atoms with E-state index in [1.54, 1.807) is 13.2 Å². The highest BCUT2D eigenvalue weighted by Gasteiger charge is 2.31. The van der Waals surface area contributed by atoms with E-state index in [0.717, 1.165) is 50.6 Å². The molecule has 0 aromatic heterocycles. The number of anilines is 1. The van der Waals surface area contributed by atoms with E-state index in [4.69, 9.17) is 9.47 Å². The van der Waals surface area contributed by atoms with E-state index >= 15 is 0 Å². The normalized spacial score (nSPS) is 20.7. The minimum Gasteiger partial charge on any atom is -0.507 e. The molecule has 0 radical (unpaired) electrons. The Morgan fingerprint density at radius 1 is 0.914 bits per heavy atom. The Morgan fingerprint density at radius 2 is 1.66 bits per heavy atom. The van der Waals surface area contributed by atoms with Crippen LogP contribution >= 0.6 is 0 Å². The lowest BCUT2D eigenvalue weighted by molar-refractivity contribution is 0.200. The summed E-state index contributed by atoms with van der Waals surface area (Å²) in [5, 5.41) is 10.8. The second-order valence-electron chi connectivity index (χ2n) is 9.12. The molecule has 5 rings (SSSR count). The Labute approximate surface area is 207 Å². The van der Waals surface area contributed by atoms with Crippen LogP contribution in [0.3, 0.4) is 0 Å². The van der Waals surface area contributed by atoms with Crippen LogP contribution in [0.4, 0.5) is 5.69 Å². The van der Waals surface area contributed by atoms with Crippen molar-refractivity contribution in [3.63, 3.8) is 0 Å². The van der Waals surface area contributed by atoms with Crippen molar-refractivity contribution in [2.75, 3.05) is 57.9 Å². The SMILES string of the molecule is COc1ccc(N2CCN(CCOc3ccc(C4NNCC4c4ccccc4)c(O)c3)CC2)cc1. The second-order valence-corrected chi connectivity index (χ2v) is 9.12. The van der Waals surface area contributed by atoms with Gasteiger partial charge in [0.15, 0.2) is 0 Å². The van der Waals surface area contributed by atoms with Crippen molar-refractivity contribution in [2.24, 2.45) is 0 Å². The highest BCUT2D eigenvalue weighted by Crippen LogP contribution is 2.38. The number of phenols is 1. The van der Waals surface area contributed by atoms with E-state index in [9.17, 15) is 5.11 Å². The lowest BCUT2D eigenvalue weighted by atomic mass is 9.88. The van der Waals surface area contributed by atoms with E-state index in [0.29, 0.717) is 12.4 Å². The fourth-order valence-electron chi connectivity index (χ4n) is 4.99. The molecule has 0 spiro atoms. The quantitative estimate of drug-likeness (QED) is 0.461. The number of nitrogens with one attached hydrogen (secondary N) is 2. The van der Waals surface area contributed by atoms with Gasteiger partial charge in [-0.1, -0.05) is 36.4 Å². The van der Waals surface area contributed by atoms with E-state index < -0.39 is 0 Å². The number of piperazine rings is 1. The van der Waals surface area contributed by atoms with Crippen molar-refractivity contribution in [1.29, 1.82) is 0 Å². The van der Waals surface area contributed by atoms with Gasteiger partial charge >= 0.3 is 0 Å². The van der Waals surface area contributed by atoms with Gasteiger partial charge in [-0.25, -0.2) is 5.43 Å². The van der Waals surface area contributed by atoms with Crippen LogP contribution in [0.2, 0.25) is 0 Å². The molecule has 2 fully saturated rings. The number of ether oxygens (including phenoxy) is 2. The van der Waals surface area contributed by atoms with Crippen LogP contribution in [0.15, 0.2) is 72.8 Å². The van der Waals surface area contributed by atoms with Gasteiger partial charge in [-0.15, -0.1) is 0 Å². The number of methoxy groups -OCH3 is 1. The van der Waals surface area contributed by atoms with Crippen LogP contribution in [-0.2, 0) is 0 Å². The molecule has 7 heteroatoms. The lowest BCUT2D eigenvalue weighted by Gasteiger charge is -2.36. The Bertz CT molecular complexity index is 1090. The highest BCUT2D eigenvalue weighted by molar-refractivity contribution is 5.49. The average molecular weight is 475 g/mol. The van der Waals surface area contributed by atoms with Crippen molar-refractivity contribution < 1.29 is 14.6 Å². The molecule has 3 aromatic rings. The number of hydrogen-bond acceptors (Lipinski definition) is 7. The second kappa shape index (κ2) is 11.0. The molecule has 0 bridgehead atoms. The summed E-state index contributed by atoms with van der Waals surface area (Å²) in [4.78, 5) is 4.83. The Kier molecular flexibility index (Phi) is 7.37. The van der Waals surface area contributed by atoms with E-state index in [1.165, 1.54) is 11.3 Å². The summed E-state index contributed by atoms with van der Waals surface area (Å²) in [6.45, 7) is 6.26. The van der Waals surface area contributed by atoms with Crippen molar-refractivity contribution >= 4 is 5.69 Å². The fraction of sp³-hybridized carbons (Fsp3) is 0.357. The summed E-state index contributed by atoms with van der Waals surface area (Å²) in [6.07, 6.45) is 0. The summed E-state index contributed by atoms with van der Waals surface area (Å²) in [7, 11) is 1.69. The molecule has 2 heterocycles. The first-order valence-electron chi connectivity index (χ1n) is 12.3. The molecule has 3 aromatic carbocycles.